The van der Waals surface area contributed by atoms with Crippen LogP contribution in [-0.2, 0) is 10.2 Å². The van der Waals surface area contributed by atoms with Crippen molar-refractivity contribution in [1.29, 1.82) is 0 Å². The van der Waals surface area contributed by atoms with Crippen LogP contribution in [0.25, 0.3) is 0 Å². The molecule has 1 fully saturated rings. The van der Waals surface area contributed by atoms with Crippen molar-refractivity contribution in [3.63, 3.8) is 0 Å². The molecule has 2 nitrogen and oxygen atoms in total. The molecule has 1 aromatic carbocycles. The number of hydrogen-bond donors (Lipinski definition) is 1. The van der Waals surface area contributed by atoms with E-state index in [0.717, 1.165) is 18.2 Å². The van der Waals surface area contributed by atoms with Gasteiger partial charge in [-0.15, -0.1) is 0 Å². The van der Waals surface area contributed by atoms with Gasteiger partial charge >= 0.3 is 0 Å². The number of rotatable bonds is 3. The summed E-state index contributed by atoms with van der Waals surface area (Å²) in [4.78, 5) is 0. The molecule has 0 aromatic heterocycles. The Balaban J connectivity index is 2.47. The number of likely N-dealkylation sites (N-methyl/N-ethyl adjacent to an activating group) is 1. The lowest BCUT2D eigenvalue weighted by Crippen LogP contribution is -2.65. The molecule has 16 heavy (non-hydrogen) atoms. The maximum absolute atomic E-state index is 6.30. The first-order valence-corrected chi connectivity index (χ1v) is 5.93. The van der Waals surface area contributed by atoms with E-state index in [1.165, 1.54) is 5.56 Å². The lowest BCUT2D eigenvalue weighted by Gasteiger charge is -2.53. The van der Waals surface area contributed by atoms with Gasteiger partial charge in [-0.3, -0.25) is 0 Å². The maximum Gasteiger partial charge on any atom is 0.0611 e. The van der Waals surface area contributed by atoms with E-state index in [1.807, 2.05) is 25.2 Å². The highest BCUT2D eigenvalue weighted by Crippen LogP contribution is 2.44. The third-order valence-corrected chi connectivity index (χ3v) is 4.24. The summed E-state index contributed by atoms with van der Waals surface area (Å²) >= 11 is 6.30. The highest BCUT2D eigenvalue weighted by atomic mass is 35.5. The van der Waals surface area contributed by atoms with Crippen LogP contribution in [0, 0.1) is 0 Å². The first-order valence-electron chi connectivity index (χ1n) is 5.55. The van der Waals surface area contributed by atoms with Crippen LogP contribution < -0.4 is 5.32 Å². The van der Waals surface area contributed by atoms with Gasteiger partial charge in [-0.25, -0.2) is 0 Å². The van der Waals surface area contributed by atoms with Crippen molar-refractivity contribution in [3.05, 3.63) is 34.9 Å². The fraction of sp³-hybridized carbons (Fsp3) is 0.538. The van der Waals surface area contributed by atoms with E-state index >= 15 is 0 Å². The fourth-order valence-corrected chi connectivity index (χ4v) is 2.56. The maximum atomic E-state index is 6.30. The number of halogens is 1. The van der Waals surface area contributed by atoms with Gasteiger partial charge < -0.3 is 10.1 Å². The van der Waals surface area contributed by atoms with Crippen LogP contribution in [-0.4, -0.2) is 25.8 Å². The zero-order chi connectivity index (χ0) is 11.8. The van der Waals surface area contributed by atoms with Gasteiger partial charge in [-0.1, -0.05) is 29.8 Å². The summed E-state index contributed by atoms with van der Waals surface area (Å²) in [6.45, 7) is 5.84. The van der Waals surface area contributed by atoms with Crippen LogP contribution >= 0.6 is 11.6 Å². The van der Waals surface area contributed by atoms with Crippen molar-refractivity contribution >= 4 is 11.6 Å². The average molecular weight is 240 g/mol. The Bertz CT molecular complexity index is 385. The van der Waals surface area contributed by atoms with E-state index in [4.69, 9.17) is 16.3 Å². The van der Waals surface area contributed by atoms with E-state index in [9.17, 15) is 0 Å². The van der Waals surface area contributed by atoms with E-state index < -0.39 is 0 Å². The van der Waals surface area contributed by atoms with Gasteiger partial charge in [0, 0.05) is 10.6 Å². The standard InChI is InChI=1S/C13H18ClNO/c1-12(2,15-3)13(8-16-9-13)10-6-4-5-7-11(10)14/h4-7,15H,8-9H2,1-3H3. The molecule has 1 N–H and O–H groups in total. The minimum absolute atomic E-state index is 0.0138. The summed E-state index contributed by atoms with van der Waals surface area (Å²) in [5, 5.41) is 4.20. The molecule has 88 valence electrons. The van der Waals surface area contributed by atoms with Crippen molar-refractivity contribution in [2.75, 3.05) is 20.3 Å². The van der Waals surface area contributed by atoms with Crippen LogP contribution in [0.4, 0.5) is 0 Å². The molecule has 0 amide bonds. The average Bonchev–Trinajstić information content (AvgIpc) is 2.19. The largest absolute Gasteiger partial charge is 0.379 e. The van der Waals surface area contributed by atoms with E-state index in [-0.39, 0.29) is 11.0 Å². The van der Waals surface area contributed by atoms with Crippen molar-refractivity contribution in [2.24, 2.45) is 0 Å². The van der Waals surface area contributed by atoms with Gasteiger partial charge in [0.2, 0.25) is 0 Å². The molecule has 1 aliphatic rings. The highest BCUT2D eigenvalue weighted by Gasteiger charge is 2.52. The topological polar surface area (TPSA) is 21.3 Å². The van der Waals surface area contributed by atoms with Gasteiger partial charge in [0.05, 0.1) is 18.6 Å². The third kappa shape index (κ3) is 1.56. The van der Waals surface area contributed by atoms with Gasteiger partial charge in [-0.05, 0) is 32.5 Å². The fourth-order valence-electron chi connectivity index (χ4n) is 2.25. The molecule has 2 rings (SSSR count). The van der Waals surface area contributed by atoms with Crippen LogP contribution in [0.1, 0.15) is 19.4 Å². The van der Waals surface area contributed by atoms with E-state index in [0.29, 0.717) is 0 Å². The first-order chi connectivity index (χ1) is 7.53. The highest BCUT2D eigenvalue weighted by molar-refractivity contribution is 6.31. The van der Waals surface area contributed by atoms with E-state index in [2.05, 4.69) is 25.2 Å². The van der Waals surface area contributed by atoms with E-state index in [1.54, 1.807) is 0 Å². The first kappa shape index (κ1) is 11.9. The Morgan fingerprint density at radius 2 is 1.94 bits per heavy atom. The summed E-state index contributed by atoms with van der Waals surface area (Å²) in [5.74, 6) is 0. The second-order valence-electron chi connectivity index (χ2n) is 4.93. The van der Waals surface area contributed by atoms with Crippen LogP contribution in [0.2, 0.25) is 5.02 Å². The van der Waals surface area contributed by atoms with Crippen molar-refractivity contribution in [3.8, 4) is 0 Å². The smallest absolute Gasteiger partial charge is 0.0611 e. The lowest BCUT2D eigenvalue weighted by molar-refractivity contribution is -0.0990. The normalized spacial score (nSPS) is 19.2. The number of benzene rings is 1. The Hall–Kier alpha value is -0.570. The summed E-state index contributed by atoms with van der Waals surface area (Å²) < 4.78 is 5.44. The quantitative estimate of drug-likeness (QED) is 0.876. The van der Waals surface area contributed by atoms with Crippen LogP contribution in [0.5, 0.6) is 0 Å². The summed E-state index contributed by atoms with van der Waals surface area (Å²) in [7, 11) is 1.98. The number of ether oxygens (including phenoxy) is 1. The minimum Gasteiger partial charge on any atom is -0.379 e. The minimum atomic E-state index is -0.0315. The number of nitrogens with one attached hydrogen (secondary N) is 1. The molecule has 0 spiro atoms. The lowest BCUT2D eigenvalue weighted by atomic mass is 9.65. The van der Waals surface area contributed by atoms with Gasteiger partial charge in [-0.2, -0.15) is 0 Å². The SMILES string of the molecule is CNC(C)(C)C1(c2ccccc2Cl)COC1. The van der Waals surface area contributed by atoms with Crippen molar-refractivity contribution < 1.29 is 4.74 Å². The van der Waals surface area contributed by atoms with Crippen molar-refractivity contribution in [1.82, 2.24) is 5.32 Å². The Morgan fingerprint density at radius 1 is 1.31 bits per heavy atom. The second kappa shape index (κ2) is 4.02. The summed E-state index contributed by atoms with van der Waals surface area (Å²) in [6.07, 6.45) is 0. The molecule has 1 heterocycles. The molecule has 1 aromatic rings. The molecular formula is C13H18ClNO. The molecule has 0 atom stereocenters. The Morgan fingerprint density at radius 3 is 2.38 bits per heavy atom. The number of hydrogen-bond acceptors (Lipinski definition) is 2. The zero-order valence-electron chi connectivity index (χ0n) is 10.0. The van der Waals surface area contributed by atoms with Gasteiger partial charge in [0.25, 0.3) is 0 Å². The Kier molecular flexibility index (Phi) is 2.99. The van der Waals surface area contributed by atoms with Crippen LogP contribution in [0.3, 0.4) is 0 Å². The predicted molar refractivity (Wildman–Crippen MR) is 67.1 cm³/mol. The van der Waals surface area contributed by atoms with Crippen molar-refractivity contribution in [2.45, 2.75) is 24.8 Å². The molecular weight excluding hydrogens is 222 g/mol. The summed E-state index contributed by atoms with van der Waals surface area (Å²) in [6, 6.07) is 8.05. The van der Waals surface area contributed by atoms with Gasteiger partial charge in [0.15, 0.2) is 0 Å². The predicted octanol–water partition coefficient (Wildman–Crippen LogP) is 2.61. The molecule has 0 aliphatic carbocycles. The molecule has 1 saturated heterocycles. The van der Waals surface area contributed by atoms with Gasteiger partial charge in [0.1, 0.15) is 0 Å². The molecule has 3 heteroatoms. The molecule has 0 radical (unpaired) electrons. The molecule has 0 bridgehead atoms. The summed E-state index contributed by atoms with van der Waals surface area (Å²) in [5.41, 5.74) is 1.14. The molecule has 0 unspecified atom stereocenters. The third-order valence-electron chi connectivity index (χ3n) is 3.91. The zero-order valence-corrected chi connectivity index (χ0v) is 10.8. The molecule has 0 saturated carbocycles. The molecule has 1 aliphatic heterocycles. The monoisotopic (exact) mass is 239 g/mol. The second-order valence-corrected chi connectivity index (χ2v) is 5.34. The van der Waals surface area contributed by atoms with Crippen LogP contribution in [0.15, 0.2) is 24.3 Å². The Labute approximate surface area is 102 Å².